The van der Waals surface area contributed by atoms with E-state index in [0.717, 1.165) is 24.1 Å². The predicted molar refractivity (Wildman–Crippen MR) is 75.0 cm³/mol. The van der Waals surface area contributed by atoms with E-state index in [1.54, 1.807) is 7.11 Å². The van der Waals surface area contributed by atoms with Crippen LogP contribution in [0.5, 0.6) is 5.75 Å². The number of rotatable bonds is 6. The molecule has 0 atom stereocenters. The van der Waals surface area contributed by atoms with Gasteiger partial charge in [-0.1, -0.05) is 11.6 Å². The zero-order valence-electron chi connectivity index (χ0n) is 11.4. The van der Waals surface area contributed by atoms with Gasteiger partial charge in [0.2, 0.25) is 0 Å². The molecular weight excluding hydrogens is 250 g/mol. The van der Waals surface area contributed by atoms with E-state index in [0.29, 0.717) is 22.8 Å². The Morgan fingerprint density at radius 2 is 2.11 bits per heavy atom. The van der Waals surface area contributed by atoms with E-state index in [2.05, 4.69) is 5.32 Å². The third-order valence-electron chi connectivity index (χ3n) is 2.97. The fourth-order valence-electron chi connectivity index (χ4n) is 1.98. The molecule has 1 rings (SSSR count). The molecule has 4 heteroatoms. The van der Waals surface area contributed by atoms with Crippen LogP contribution in [0.25, 0.3) is 0 Å². The lowest BCUT2D eigenvalue weighted by atomic mass is 9.98. The van der Waals surface area contributed by atoms with Crippen molar-refractivity contribution in [3.8, 4) is 5.75 Å². The molecular formula is C14H20ClNO2. The van der Waals surface area contributed by atoms with E-state index in [9.17, 15) is 4.79 Å². The van der Waals surface area contributed by atoms with Crippen molar-refractivity contribution in [3.05, 3.63) is 27.8 Å². The van der Waals surface area contributed by atoms with E-state index in [1.807, 2.05) is 27.0 Å². The van der Waals surface area contributed by atoms with E-state index < -0.39 is 0 Å². The van der Waals surface area contributed by atoms with Crippen LogP contribution in [-0.2, 0) is 0 Å². The molecule has 0 spiro atoms. The summed E-state index contributed by atoms with van der Waals surface area (Å²) in [6.45, 7) is 4.60. The lowest BCUT2D eigenvalue weighted by Gasteiger charge is -2.14. The van der Waals surface area contributed by atoms with Crippen molar-refractivity contribution >= 4 is 17.4 Å². The molecule has 1 N–H and O–H groups in total. The fourth-order valence-corrected chi connectivity index (χ4v) is 2.13. The maximum absolute atomic E-state index is 12.2. The smallest absolute Gasteiger partial charge is 0.166 e. The Morgan fingerprint density at radius 3 is 2.67 bits per heavy atom. The zero-order chi connectivity index (χ0) is 13.7. The topological polar surface area (TPSA) is 38.3 Å². The van der Waals surface area contributed by atoms with E-state index in [-0.39, 0.29) is 5.78 Å². The minimum atomic E-state index is 0.0847. The molecule has 0 saturated heterocycles. The van der Waals surface area contributed by atoms with E-state index in [1.165, 1.54) is 0 Å². The molecule has 3 nitrogen and oxygen atoms in total. The first-order valence-corrected chi connectivity index (χ1v) is 6.42. The molecule has 0 unspecified atom stereocenters. The van der Waals surface area contributed by atoms with Gasteiger partial charge >= 0.3 is 0 Å². The summed E-state index contributed by atoms with van der Waals surface area (Å²) in [5, 5.41) is 3.67. The number of carbonyl (C=O) groups is 1. The van der Waals surface area contributed by atoms with Crippen molar-refractivity contribution in [1.82, 2.24) is 5.32 Å². The van der Waals surface area contributed by atoms with Gasteiger partial charge in [-0.2, -0.15) is 0 Å². The number of carbonyl (C=O) groups excluding carboxylic acids is 1. The highest BCUT2D eigenvalue weighted by Gasteiger charge is 2.18. The second kappa shape index (κ2) is 6.76. The summed E-state index contributed by atoms with van der Waals surface area (Å²) < 4.78 is 5.29. The number of hydrogen-bond donors (Lipinski definition) is 1. The van der Waals surface area contributed by atoms with Crippen LogP contribution in [0.4, 0.5) is 0 Å². The van der Waals surface area contributed by atoms with E-state index in [4.69, 9.17) is 16.3 Å². The van der Waals surface area contributed by atoms with Crippen LogP contribution in [0.3, 0.4) is 0 Å². The zero-order valence-corrected chi connectivity index (χ0v) is 12.1. The number of ether oxygens (including phenoxy) is 1. The number of hydrogen-bond acceptors (Lipinski definition) is 3. The summed E-state index contributed by atoms with van der Waals surface area (Å²) in [5.41, 5.74) is 2.35. The van der Waals surface area contributed by atoms with Crippen molar-refractivity contribution in [2.45, 2.75) is 26.7 Å². The fraction of sp³-hybridized carbons (Fsp3) is 0.500. The van der Waals surface area contributed by atoms with Crippen LogP contribution in [0.15, 0.2) is 6.07 Å². The molecule has 0 fully saturated rings. The molecule has 0 aliphatic rings. The van der Waals surface area contributed by atoms with Gasteiger partial charge in [-0.05, 0) is 51.1 Å². The Kier molecular flexibility index (Phi) is 5.63. The monoisotopic (exact) mass is 269 g/mol. The van der Waals surface area contributed by atoms with Gasteiger partial charge in [0.05, 0.1) is 12.7 Å². The maximum atomic E-state index is 12.2. The van der Waals surface area contributed by atoms with Gasteiger partial charge in [-0.3, -0.25) is 4.79 Å². The summed E-state index contributed by atoms with van der Waals surface area (Å²) in [6, 6.07) is 1.82. The normalized spacial score (nSPS) is 10.5. The predicted octanol–water partition coefficient (Wildman–Crippen LogP) is 3.15. The Balaban J connectivity index is 3.06. The number of ketones is 1. The number of methoxy groups -OCH3 is 1. The molecule has 0 radical (unpaired) electrons. The van der Waals surface area contributed by atoms with Gasteiger partial charge in [-0.25, -0.2) is 0 Å². The lowest BCUT2D eigenvalue weighted by Crippen LogP contribution is -2.11. The van der Waals surface area contributed by atoms with Crippen molar-refractivity contribution < 1.29 is 9.53 Å². The Hall–Kier alpha value is -1.06. The van der Waals surface area contributed by atoms with Crippen LogP contribution >= 0.6 is 11.6 Å². The molecule has 18 heavy (non-hydrogen) atoms. The second-order valence-electron chi connectivity index (χ2n) is 4.34. The van der Waals surface area contributed by atoms with Gasteiger partial charge in [0, 0.05) is 11.4 Å². The van der Waals surface area contributed by atoms with Crippen LogP contribution in [-0.4, -0.2) is 26.5 Å². The molecule has 1 aromatic carbocycles. The summed E-state index contributed by atoms with van der Waals surface area (Å²) >= 11 is 6.20. The average molecular weight is 270 g/mol. The van der Waals surface area contributed by atoms with Crippen LogP contribution in [0.2, 0.25) is 5.02 Å². The highest BCUT2D eigenvalue weighted by Crippen LogP contribution is 2.32. The number of aryl methyl sites for hydroxylation is 1. The van der Waals surface area contributed by atoms with Crippen molar-refractivity contribution in [3.63, 3.8) is 0 Å². The highest BCUT2D eigenvalue weighted by atomic mass is 35.5. The molecule has 0 amide bonds. The standard InChI is InChI=1S/C14H20ClNO2/c1-9-8-12(18-4)13(10(2)14(9)15)11(17)6-5-7-16-3/h8,16H,5-7H2,1-4H3. The SMILES string of the molecule is CNCCCC(=O)c1c(OC)cc(C)c(Cl)c1C. The summed E-state index contributed by atoms with van der Waals surface area (Å²) in [7, 11) is 3.45. The van der Waals surface area contributed by atoms with Crippen molar-refractivity contribution in [2.75, 3.05) is 20.7 Å². The minimum absolute atomic E-state index is 0.0847. The summed E-state index contributed by atoms with van der Waals surface area (Å²) in [5.74, 6) is 0.699. The van der Waals surface area contributed by atoms with E-state index >= 15 is 0 Å². The largest absolute Gasteiger partial charge is 0.496 e. The molecule has 100 valence electrons. The van der Waals surface area contributed by atoms with Crippen molar-refractivity contribution in [1.29, 1.82) is 0 Å². The summed E-state index contributed by atoms with van der Waals surface area (Å²) in [6.07, 6.45) is 1.31. The van der Waals surface area contributed by atoms with Gasteiger partial charge in [0.15, 0.2) is 5.78 Å². The first-order valence-electron chi connectivity index (χ1n) is 6.04. The molecule has 0 heterocycles. The van der Waals surface area contributed by atoms with Gasteiger partial charge in [0.1, 0.15) is 5.75 Å². The molecule has 1 aromatic rings. The third kappa shape index (κ3) is 3.24. The molecule has 0 bridgehead atoms. The maximum Gasteiger partial charge on any atom is 0.166 e. The second-order valence-corrected chi connectivity index (χ2v) is 4.72. The van der Waals surface area contributed by atoms with Crippen LogP contribution in [0.1, 0.15) is 34.3 Å². The first-order chi connectivity index (χ1) is 8.52. The average Bonchev–Trinajstić information content (AvgIpc) is 2.35. The molecule has 0 aromatic heterocycles. The number of nitrogens with one attached hydrogen (secondary N) is 1. The Labute approximate surface area is 113 Å². The van der Waals surface area contributed by atoms with Crippen LogP contribution < -0.4 is 10.1 Å². The Bertz CT molecular complexity index is 444. The number of halogens is 1. The van der Waals surface area contributed by atoms with Crippen LogP contribution in [0, 0.1) is 13.8 Å². The number of benzene rings is 1. The molecule has 0 saturated carbocycles. The Morgan fingerprint density at radius 1 is 1.44 bits per heavy atom. The lowest BCUT2D eigenvalue weighted by molar-refractivity contribution is 0.0976. The van der Waals surface area contributed by atoms with Crippen molar-refractivity contribution in [2.24, 2.45) is 0 Å². The highest BCUT2D eigenvalue weighted by molar-refractivity contribution is 6.32. The molecule has 0 aliphatic carbocycles. The van der Waals surface area contributed by atoms with Gasteiger partial charge in [0.25, 0.3) is 0 Å². The quantitative estimate of drug-likeness (QED) is 0.637. The first kappa shape index (κ1) is 15.0. The third-order valence-corrected chi connectivity index (χ3v) is 3.56. The summed E-state index contributed by atoms with van der Waals surface area (Å²) in [4.78, 5) is 12.2. The molecule has 0 aliphatic heterocycles. The number of Topliss-reactive ketones (excluding diaryl/α,β-unsaturated/α-hetero) is 1. The van der Waals surface area contributed by atoms with Gasteiger partial charge < -0.3 is 10.1 Å². The van der Waals surface area contributed by atoms with Gasteiger partial charge in [-0.15, -0.1) is 0 Å². The minimum Gasteiger partial charge on any atom is -0.496 e.